The van der Waals surface area contributed by atoms with Crippen LogP contribution in [-0.2, 0) is 11.2 Å². The molecule has 4 heteroatoms. The van der Waals surface area contributed by atoms with Gasteiger partial charge in [-0.15, -0.1) is 0 Å². The summed E-state index contributed by atoms with van der Waals surface area (Å²) in [6.07, 6.45) is 2.81. The van der Waals surface area contributed by atoms with Crippen molar-refractivity contribution in [3.63, 3.8) is 0 Å². The lowest BCUT2D eigenvalue weighted by molar-refractivity contribution is -0.120. The monoisotopic (exact) mass is 247 g/mol. The molecule has 2 rings (SSSR count). The third kappa shape index (κ3) is 3.47. The Labute approximate surface area is 108 Å². The lowest BCUT2D eigenvalue weighted by Crippen LogP contribution is -2.38. The summed E-state index contributed by atoms with van der Waals surface area (Å²) < 4.78 is 0. The fourth-order valence-electron chi connectivity index (χ4n) is 2.42. The van der Waals surface area contributed by atoms with Gasteiger partial charge in [0, 0.05) is 18.3 Å². The van der Waals surface area contributed by atoms with Crippen molar-refractivity contribution in [2.24, 2.45) is 0 Å². The molecule has 18 heavy (non-hydrogen) atoms. The van der Waals surface area contributed by atoms with Gasteiger partial charge >= 0.3 is 0 Å². The molecule has 1 unspecified atom stereocenters. The highest BCUT2D eigenvalue weighted by Crippen LogP contribution is 2.13. The van der Waals surface area contributed by atoms with Gasteiger partial charge in [-0.3, -0.25) is 4.79 Å². The maximum Gasteiger partial charge on any atom is 0.224 e. The molecule has 1 aliphatic rings. The summed E-state index contributed by atoms with van der Waals surface area (Å²) in [5.41, 5.74) is 7.36. The van der Waals surface area contributed by atoms with Crippen LogP contribution in [0.2, 0.25) is 0 Å². The molecule has 3 N–H and O–H groups in total. The van der Waals surface area contributed by atoms with E-state index in [9.17, 15) is 4.79 Å². The van der Waals surface area contributed by atoms with Gasteiger partial charge in [0.2, 0.25) is 5.91 Å². The minimum atomic E-state index is 0.0703. The Kier molecular flexibility index (Phi) is 4.20. The molecule has 1 aliphatic heterocycles. The molecule has 1 heterocycles. The maximum absolute atomic E-state index is 11.8. The molecule has 0 aromatic heterocycles. The normalized spacial score (nSPS) is 19.9. The summed E-state index contributed by atoms with van der Waals surface area (Å²) in [5, 5.41) is 3.00. The van der Waals surface area contributed by atoms with Gasteiger partial charge in [-0.1, -0.05) is 12.1 Å². The van der Waals surface area contributed by atoms with E-state index < -0.39 is 0 Å². The number of nitrogen functional groups attached to an aromatic ring is 1. The smallest absolute Gasteiger partial charge is 0.224 e. The number of carbonyl (C=O) groups excluding carboxylic acids is 1. The van der Waals surface area contributed by atoms with Crippen LogP contribution in [0.5, 0.6) is 0 Å². The van der Waals surface area contributed by atoms with Crippen LogP contribution >= 0.6 is 0 Å². The number of hydrogen-bond donors (Lipinski definition) is 2. The third-order valence-corrected chi connectivity index (χ3v) is 3.52. The topological polar surface area (TPSA) is 58.4 Å². The van der Waals surface area contributed by atoms with E-state index in [1.165, 1.54) is 12.8 Å². The first-order valence-corrected chi connectivity index (χ1v) is 6.46. The van der Waals surface area contributed by atoms with E-state index in [0.29, 0.717) is 18.2 Å². The van der Waals surface area contributed by atoms with Crippen molar-refractivity contribution in [1.82, 2.24) is 10.2 Å². The third-order valence-electron chi connectivity index (χ3n) is 3.52. The van der Waals surface area contributed by atoms with E-state index in [0.717, 1.165) is 18.7 Å². The SMILES string of the molecule is CN1CCCC1CNC(=O)Cc1cccc(N)c1. The lowest BCUT2D eigenvalue weighted by Gasteiger charge is -2.19. The fourth-order valence-corrected chi connectivity index (χ4v) is 2.42. The predicted molar refractivity (Wildman–Crippen MR) is 73.2 cm³/mol. The van der Waals surface area contributed by atoms with E-state index >= 15 is 0 Å². The minimum absolute atomic E-state index is 0.0703. The van der Waals surface area contributed by atoms with Gasteiger partial charge in [0.1, 0.15) is 0 Å². The number of hydrogen-bond acceptors (Lipinski definition) is 3. The zero-order valence-corrected chi connectivity index (χ0v) is 10.9. The second-order valence-electron chi connectivity index (χ2n) is 5.00. The first-order chi connectivity index (χ1) is 8.65. The summed E-state index contributed by atoms with van der Waals surface area (Å²) >= 11 is 0. The summed E-state index contributed by atoms with van der Waals surface area (Å²) in [7, 11) is 2.11. The summed E-state index contributed by atoms with van der Waals surface area (Å²) in [6.45, 7) is 1.88. The molecule has 1 aromatic rings. The molecule has 0 radical (unpaired) electrons. The van der Waals surface area contributed by atoms with Gasteiger partial charge in [-0.2, -0.15) is 0 Å². The standard InChI is InChI=1S/C14H21N3O/c1-17-7-3-6-13(17)10-16-14(18)9-11-4-2-5-12(15)8-11/h2,4-5,8,13H,3,6-7,9-10,15H2,1H3,(H,16,18). The summed E-state index contributed by atoms with van der Waals surface area (Å²) in [6, 6.07) is 7.98. The molecule has 98 valence electrons. The molecular weight excluding hydrogens is 226 g/mol. The lowest BCUT2D eigenvalue weighted by atomic mass is 10.1. The molecule has 1 atom stereocenters. The van der Waals surface area contributed by atoms with Crippen molar-refractivity contribution in [3.8, 4) is 0 Å². The van der Waals surface area contributed by atoms with E-state index in [2.05, 4.69) is 17.3 Å². The van der Waals surface area contributed by atoms with E-state index in [4.69, 9.17) is 5.73 Å². The zero-order valence-electron chi connectivity index (χ0n) is 10.9. The van der Waals surface area contributed by atoms with Gasteiger partial charge < -0.3 is 16.0 Å². The van der Waals surface area contributed by atoms with Gasteiger partial charge in [0.05, 0.1) is 6.42 Å². The number of benzene rings is 1. The van der Waals surface area contributed by atoms with E-state index in [-0.39, 0.29) is 5.91 Å². The van der Waals surface area contributed by atoms with Crippen molar-refractivity contribution in [2.75, 3.05) is 25.9 Å². The average Bonchev–Trinajstić information content (AvgIpc) is 2.72. The van der Waals surface area contributed by atoms with Crippen LogP contribution in [0.25, 0.3) is 0 Å². The van der Waals surface area contributed by atoms with E-state index in [1.807, 2.05) is 24.3 Å². The quantitative estimate of drug-likeness (QED) is 0.781. The van der Waals surface area contributed by atoms with Gasteiger partial charge in [-0.25, -0.2) is 0 Å². The van der Waals surface area contributed by atoms with Crippen molar-refractivity contribution in [3.05, 3.63) is 29.8 Å². The Morgan fingerprint density at radius 1 is 1.56 bits per heavy atom. The summed E-state index contributed by atoms with van der Waals surface area (Å²) in [4.78, 5) is 14.1. The number of likely N-dealkylation sites (N-methyl/N-ethyl adjacent to an activating group) is 1. The van der Waals surface area contributed by atoms with Crippen LogP contribution in [-0.4, -0.2) is 37.0 Å². The molecule has 0 saturated carbocycles. The zero-order chi connectivity index (χ0) is 13.0. The highest BCUT2D eigenvalue weighted by molar-refractivity contribution is 5.78. The van der Waals surface area contributed by atoms with Crippen molar-refractivity contribution in [1.29, 1.82) is 0 Å². The average molecular weight is 247 g/mol. The number of nitrogens with zero attached hydrogens (tertiary/aromatic N) is 1. The van der Waals surface area contributed by atoms with Gasteiger partial charge in [0.25, 0.3) is 0 Å². The molecule has 4 nitrogen and oxygen atoms in total. The van der Waals surface area contributed by atoms with Crippen LogP contribution < -0.4 is 11.1 Å². The second-order valence-corrected chi connectivity index (χ2v) is 5.00. The number of likely N-dealkylation sites (tertiary alicyclic amines) is 1. The van der Waals surface area contributed by atoms with Crippen molar-refractivity contribution in [2.45, 2.75) is 25.3 Å². The Morgan fingerprint density at radius 3 is 3.06 bits per heavy atom. The Morgan fingerprint density at radius 2 is 2.39 bits per heavy atom. The van der Waals surface area contributed by atoms with Gasteiger partial charge in [0.15, 0.2) is 0 Å². The highest BCUT2D eigenvalue weighted by atomic mass is 16.1. The van der Waals surface area contributed by atoms with E-state index in [1.54, 1.807) is 0 Å². The van der Waals surface area contributed by atoms with Gasteiger partial charge in [-0.05, 0) is 44.1 Å². The first-order valence-electron chi connectivity index (χ1n) is 6.46. The first kappa shape index (κ1) is 12.9. The molecule has 0 aliphatic carbocycles. The summed E-state index contributed by atoms with van der Waals surface area (Å²) in [5.74, 6) is 0.0703. The molecular formula is C14H21N3O. The number of anilines is 1. The molecule has 0 spiro atoms. The highest BCUT2D eigenvalue weighted by Gasteiger charge is 2.20. The Balaban J connectivity index is 1.78. The number of rotatable bonds is 4. The van der Waals surface area contributed by atoms with Crippen molar-refractivity contribution >= 4 is 11.6 Å². The van der Waals surface area contributed by atoms with Crippen LogP contribution in [0.1, 0.15) is 18.4 Å². The molecule has 1 fully saturated rings. The molecule has 1 amide bonds. The van der Waals surface area contributed by atoms with Crippen LogP contribution in [0.4, 0.5) is 5.69 Å². The van der Waals surface area contributed by atoms with Crippen LogP contribution in [0, 0.1) is 0 Å². The Hall–Kier alpha value is -1.55. The van der Waals surface area contributed by atoms with Crippen LogP contribution in [0.3, 0.4) is 0 Å². The van der Waals surface area contributed by atoms with Crippen molar-refractivity contribution < 1.29 is 4.79 Å². The number of amides is 1. The maximum atomic E-state index is 11.8. The fraction of sp³-hybridized carbons (Fsp3) is 0.500. The number of nitrogens with two attached hydrogens (primary N) is 1. The second kappa shape index (κ2) is 5.87. The molecule has 1 saturated heterocycles. The number of nitrogens with one attached hydrogen (secondary N) is 1. The molecule has 1 aromatic carbocycles. The predicted octanol–water partition coefficient (Wildman–Crippen LogP) is 1.02. The molecule has 0 bridgehead atoms. The van der Waals surface area contributed by atoms with Crippen LogP contribution in [0.15, 0.2) is 24.3 Å². The number of carbonyl (C=O) groups is 1. The largest absolute Gasteiger partial charge is 0.399 e. The Bertz CT molecular complexity index is 419. The minimum Gasteiger partial charge on any atom is -0.399 e.